The Balaban J connectivity index is 2.08. The molecule has 3 heteroatoms. The Kier molecular flexibility index (Phi) is 4.53. The summed E-state index contributed by atoms with van der Waals surface area (Å²) in [5.41, 5.74) is 3.05. The Morgan fingerprint density at radius 3 is 2.42 bits per heavy atom. The molecule has 0 aliphatic carbocycles. The number of ether oxygens (including phenoxy) is 1. The van der Waals surface area contributed by atoms with Crippen molar-refractivity contribution in [2.75, 3.05) is 7.11 Å². The zero-order chi connectivity index (χ0) is 13.7. The first-order chi connectivity index (χ1) is 9.22. The lowest BCUT2D eigenvalue weighted by Crippen LogP contribution is -2.05. The molecule has 1 aromatic heterocycles. The molecule has 1 unspecified atom stereocenters. The molecule has 2 aromatic rings. The Morgan fingerprint density at radius 1 is 1.11 bits per heavy atom. The second-order valence-electron chi connectivity index (χ2n) is 4.49. The minimum Gasteiger partial charge on any atom is -0.481 e. The monoisotopic (exact) mass is 257 g/mol. The topological polar surface area (TPSA) is 42.4 Å². The SMILES string of the molecule is CCc1ccc(CC(O)c2cccc(OC)n2)cc1. The maximum Gasteiger partial charge on any atom is 0.213 e. The summed E-state index contributed by atoms with van der Waals surface area (Å²) >= 11 is 0. The van der Waals surface area contributed by atoms with Gasteiger partial charge in [-0.25, -0.2) is 4.98 Å². The highest BCUT2D eigenvalue weighted by Crippen LogP contribution is 2.19. The molecule has 3 nitrogen and oxygen atoms in total. The predicted octanol–water partition coefficient (Wildman–Crippen LogP) is 2.93. The van der Waals surface area contributed by atoms with Crippen molar-refractivity contribution in [3.05, 3.63) is 59.3 Å². The third kappa shape index (κ3) is 3.55. The van der Waals surface area contributed by atoms with Crippen LogP contribution in [0.3, 0.4) is 0 Å². The Labute approximate surface area is 113 Å². The first kappa shape index (κ1) is 13.6. The van der Waals surface area contributed by atoms with Gasteiger partial charge < -0.3 is 9.84 Å². The number of aliphatic hydroxyl groups is 1. The number of benzene rings is 1. The van der Waals surface area contributed by atoms with E-state index in [4.69, 9.17) is 4.74 Å². The zero-order valence-electron chi connectivity index (χ0n) is 11.3. The molecular formula is C16H19NO2. The van der Waals surface area contributed by atoms with Gasteiger partial charge in [-0.2, -0.15) is 0 Å². The highest BCUT2D eigenvalue weighted by atomic mass is 16.5. The van der Waals surface area contributed by atoms with Gasteiger partial charge in [-0.1, -0.05) is 37.3 Å². The van der Waals surface area contributed by atoms with E-state index in [0.717, 1.165) is 12.0 Å². The number of aliphatic hydroxyl groups excluding tert-OH is 1. The van der Waals surface area contributed by atoms with Crippen molar-refractivity contribution in [3.63, 3.8) is 0 Å². The highest BCUT2D eigenvalue weighted by Gasteiger charge is 2.10. The summed E-state index contributed by atoms with van der Waals surface area (Å²) in [6.45, 7) is 2.13. The minimum absolute atomic E-state index is 0.526. The van der Waals surface area contributed by atoms with E-state index in [9.17, 15) is 5.11 Å². The van der Waals surface area contributed by atoms with Gasteiger partial charge in [0.25, 0.3) is 0 Å². The quantitative estimate of drug-likeness (QED) is 0.895. The van der Waals surface area contributed by atoms with Gasteiger partial charge in [-0.05, 0) is 23.6 Å². The lowest BCUT2D eigenvalue weighted by atomic mass is 10.0. The first-order valence-electron chi connectivity index (χ1n) is 6.49. The second kappa shape index (κ2) is 6.34. The maximum atomic E-state index is 10.2. The molecule has 1 aromatic carbocycles. The molecule has 0 saturated heterocycles. The number of methoxy groups -OCH3 is 1. The van der Waals surface area contributed by atoms with Crippen molar-refractivity contribution in [2.45, 2.75) is 25.9 Å². The van der Waals surface area contributed by atoms with Gasteiger partial charge in [0.1, 0.15) is 6.10 Å². The normalized spacial score (nSPS) is 12.2. The van der Waals surface area contributed by atoms with Gasteiger partial charge in [0.15, 0.2) is 0 Å². The van der Waals surface area contributed by atoms with Gasteiger partial charge in [0.05, 0.1) is 12.8 Å². The van der Waals surface area contributed by atoms with E-state index in [1.54, 1.807) is 13.2 Å². The molecule has 0 saturated carbocycles. The molecular weight excluding hydrogens is 238 g/mol. The predicted molar refractivity (Wildman–Crippen MR) is 75.3 cm³/mol. The number of pyridine rings is 1. The van der Waals surface area contributed by atoms with Crippen LogP contribution in [0.4, 0.5) is 0 Å². The van der Waals surface area contributed by atoms with Crippen LogP contribution in [0.25, 0.3) is 0 Å². The standard InChI is InChI=1S/C16H19NO2/c1-3-12-7-9-13(10-8-12)11-15(18)14-5-4-6-16(17-14)19-2/h4-10,15,18H,3,11H2,1-2H3. The van der Waals surface area contributed by atoms with Gasteiger partial charge in [0.2, 0.25) is 5.88 Å². The molecule has 0 amide bonds. The van der Waals surface area contributed by atoms with Crippen LogP contribution >= 0.6 is 0 Å². The van der Waals surface area contributed by atoms with Crippen LogP contribution in [0, 0.1) is 0 Å². The molecule has 100 valence electrons. The Hall–Kier alpha value is -1.87. The molecule has 19 heavy (non-hydrogen) atoms. The summed E-state index contributed by atoms with van der Waals surface area (Å²) in [6, 6.07) is 13.7. The molecule has 0 aliphatic rings. The average Bonchev–Trinajstić information content (AvgIpc) is 2.48. The van der Waals surface area contributed by atoms with E-state index in [1.807, 2.05) is 12.1 Å². The molecule has 0 spiro atoms. The van der Waals surface area contributed by atoms with Crippen molar-refractivity contribution in [3.8, 4) is 5.88 Å². The third-order valence-corrected chi connectivity index (χ3v) is 3.16. The number of nitrogens with zero attached hydrogens (tertiary/aromatic N) is 1. The lowest BCUT2D eigenvalue weighted by Gasteiger charge is -2.11. The summed E-state index contributed by atoms with van der Waals surface area (Å²) in [6.07, 6.45) is 0.979. The molecule has 1 N–H and O–H groups in total. The van der Waals surface area contributed by atoms with Gasteiger partial charge in [-0.15, -0.1) is 0 Å². The van der Waals surface area contributed by atoms with E-state index in [-0.39, 0.29) is 0 Å². The number of aromatic nitrogens is 1. The summed E-state index contributed by atoms with van der Waals surface area (Å²) < 4.78 is 5.06. The zero-order valence-corrected chi connectivity index (χ0v) is 11.3. The van der Waals surface area contributed by atoms with Crippen LogP contribution in [-0.4, -0.2) is 17.2 Å². The summed E-state index contributed by atoms with van der Waals surface area (Å²) in [5.74, 6) is 0.526. The van der Waals surface area contributed by atoms with Crippen molar-refractivity contribution in [1.29, 1.82) is 0 Å². The van der Waals surface area contributed by atoms with Crippen LogP contribution in [0.5, 0.6) is 5.88 Å². The first-order valence-corrected chi connectivity index (χ1v) is 6.49. The van der Waals surface area contributed by atoms with Crippen LogP contribution in [0.2, 0.25) is 0 Å². The van der Waals surface area contributed by atoms with Gasteiger partial charge in [-0.3, -0.25) is 0 Å². The van der Waals surface area contributed by atoms with Crippen LogP contribution in [-0.2, 0) is 12.8 Å². The third-order valence-electron chi connectivity index (χ3n) is 3.16. The molecule has 1 atom stereocenters. The summed E-state index contributed by atoms with van der Waals surface area (Å²) in [7, 11) is 1.57. The van der Waals surface area contributed by atoms with Gasteiger partial charge >= 0.3 is 0 Å². The molecule has 1 heterocycles. The number of hydrogen-bond donors (Lipinski definition) is 1. The Morgan fingerprint density at radius 2 is 1.79 bits per heavy atom. The average molecular weight is 257 g/mol. The largest absolute Gasteiger partial charge is 0.481 e. The van der Waals surface area contributed by atoms with E-state index in [1.165, 1.54) is 5.56 Å². The molecule has 0 aliphatic heterocycles. The number of rotatable bonds is 5. The fourth-order valence-electron chi connectivity index (χ4n) is 1.97. The fraction of sp³-hybridized carbons (Fsp3) is 0.312. The van der Waals surface area contributed by atoms with E-state index >= 15 is 0 Å². The molecule has 0 fully saturated rings. The maximum absolute atomic E-state index is 10.2. The second-order valence-corrected chi connectivity index (χ2v) is 4.49. The van der Waals surface area contributed by atoms with Crippen LogP contribution in [0.15, 0.2) is 42.5 Å². The molecule has 0 radical (unpaired) electrons. The van der Waals surface area contributed by atoms with E-state index < -0.39 is 6.10 Å². The molecule has 0 bridgehead atoms. The van der Waals surface area contributed by atoms with Crippen LogP contribution < -0.4 is 4.74 Å². The van der Waals surface area contributed by atoms with E-state index in [0.29, 0.717) is 18.0 Å². The van der Waals surface area contributed by atoms with Crippen molar-refractivity contribution < 1.29 is 9.84 Å². The lowest BCUT2D eigenvalue weighted by molar-refractivity contribution is 0.172. The summed E-state index contributed by atoms with van der Waals surface area (Å²) in [5, 5.41) is 10.2. The van der Waals surface area contributed by atoms with Gasteiger partial charge in [0, 0.05) is 12.5 Å². The number of hydrogen-bond acceptors (Lipinski definition) is 3. The number of aryl methyl sites for hydroxylation is 1. The minimum atomic E-state index is -0.609. The fourth-order valence-corrected chi connectivity index (χ4v) is 1.97. The summed E-state index contributed by atoms with van der Waals surface area (Å²) in [4.78, 5) is 4.25. The smallest absolute Gasteiger partial charge is 0.213 e. The highest BCUT2D eigenvalue weighted by molar-refractivity contribution is 5.25. The van der Waals surface area contributed by atoms with Crippen molar-refractivity contribution >= 4 is 0 Å². The van der Waals surface area contributed by atoms with Crippen LogP contribution in [0.1, 0.15) is 29.8 Å². The van der Waals surface area contributed by atoms with Crippen molar-refractivity contribution in [1.82, 2.24) is 4.98 Å². The molecule has 2 rings (SSSR count). The van der Waals surface area contributed by atoms with E-state index in [2.05, 4.69) is 36.2 Å². The Bertz CT molecular complexity index is 523. The van der Waals surface area contributed by atoms with Crippen molar-refractivity contribution in [2.24, 2.45) is 0 Å².